The van der Waals surface area contributed by atoms with E-state index in [1.165, 1.54) is 6.92 Å². The number of pyridine rings is 1. The molecule has 18 atom stereocenters. The fraction of sp³-hybridized carbons (Fsp3) is 0.750. The largest absolute Gasteiger partial charge is 0.509 e. The van der Waals surface area contributed by atoms with Crippen LogP contribution in [-0.2, 0) is 73.0 Å². The number of aromatic nitrogens is 1. The SMILES string of the molecule is CCOC(=O)c1cn(CC)c2ccc(/C(C)=C/OCCO[C@H]3[C@H](C)O[C@@H](O[C@H]4[C@H](C)[C@@H](O[C@@H]5O[C@H](C)C[C@H](N(C)C)[C@H]5OC(C)=O)[C@](C)(O)C[C@@H](C)CN(C)[C@H](C)[C@H]5OC(=O)O[C@]5(C)[C@@H](CC)OC(=O)[C@@H]4C)C[C@@]3(C)OC)cc2c1=O. The number of nitrogens with zero attached hydrogens (tertiary/aromatic N) is 3. The summed E-state index contributed by atoms with van der Waals surface area (Å²) in [5, 5.41) is 13.4. The second kappa shape index (κ2) is 27.3. The van der Waals surface area contributed by atoms with Crippen LogP contribution in [0.2, 0.25) is 0 Å². The molecule has 81 heavy (non-hydrogen) atoms. The van der Waals surface area contributed by atoms with E-state index in [0.717, 1.165) is 11.1 Å². The van der Waals surface area contributed by atoms with Gasteiger partial charge >= 0.3 is 24.1 Å². The van der Waals surface area contributed by atoms with Crippen molar-refractivity contribution in [2.45, 2.75) is 219 Å². The number of rotatable bonds is 17. The van der Waals surface area contributed by atoms with Crippen molar-refractivity contribution >= 4 is 40.5 Å². The van der Waals surface area contributed by atoms with Gasteiger partial charge in [-0.05, 0) is 139 Å². The van der Waals surface area contributed by atoms with Crippen LogP contribution in [-0.4, -0.2) is 188 Å². The average molecular weight is 1140 g/mol. The molecule has 21 nitrogen and oxygen atoms in total. The highest BCUT2D eigenvalue weighted by Gasteiger charge is 2.58. The van der Waals surface area contributed by atoms with Gasteiger partial charge in [0.15, 0.2) is 30.4 Å². The summed E-state index contributed by atoms with van der Waals surface area (Å²) in [4.78, 5) is 70.9. The molecule has 0 unspecified atom stereocenters. The van der Waals surface area contributed by atoms with E-state index in [1.807, 2.05) is 110 Å². The molecule has 0 bridgehead atoms. The highest BCUT2D eigenvalue weighted by atomic mass is 16.8. The predicted octanol–water partition coefficient (Wildman–Crippen LogP) is 7.27. The number of aliphatic hydroxyl groups is 1. The Hall–Kier alpha value is -4.71. The number of hydrogen-bond donors (Lipinski definition) is 1. The molecule has 0 radical (unpaired) electrons. The smallest absolute Gasteiger partial charge is 0.498 e. The summed E-state index contributed by atoms with van der Waals surface area (Å²) >= 11 is 0. The van der Waals surface area contributed by atoms with Crippen LogP contribution in [0.15, 0.2) is 35.5 Å². The summed E-state index contributed by atoms with van der Waals surface area (Å²) in [6.45, 7) is 26.7. The summed E-state index contributed by atoms with van der Waals surface area (Å²) in [6.07, 6.45) is -5.16. The van der Waals surface area contributed by atoms with E-state index < -0.39 is 119 Å². The zero-order valence-electron chi connectivity index (χ0n) is 51.1. The van der Waals surface area contributed by atoms with Gasteiger partial charge in [-0.1, -0.05) is 26.8 Å². The Balaban J connectivity index is 1.28. The van der Waals surface area contributed by atoms with Crippen LogP contribution in [0.4, 0.5) is 4.79 Å². The first kappa shape index (κ1) is 65.4. The number of esters is 3. The van der Waals surface area contributed by atoms with Crippen molar-refractivity contribution in [2.24, 2.45) is 17.8 Å². The van der Waals surface area contributed by atoms with E-state index in [0.29, 0.717) is 30.4 Å². The van der Waals surface area contributed by atoms with Crippen LogP contribution < -0.4 is 5.43 Å². The first-order valence-electron chi connectivity index (χ1n) is 28.8. The number of benzene rings is 1. The third-order valence-corrected chi connectivity index (χ3v) is 17.0. The molecule has 0 aliphatic carbocycles. The summed E-state index contributed by atoms with van der Waals surface area (Å²) < 4.78 is 77.2. The number of hydrogen-bond acceptors (Lipinski definition) is 20. The molecule has 1 aromatic carbocycles. The van der Waals surface area contributed by atoms with Gasteiger partial charge in [0.2, 0.25) is 5.43 Å². The normalized spacial score (nSPS) is 36.6. The Bertz CT molecular complexity index is 2590. The lowest BCUT2D eigenvalue weighted by Gasteiger charge is -2.49. The van der Waals surface area contributed by atoms with Gasteiger partial charge in [-0.2, -0.15) is 0 Å². The van der Waals surface area contributed by atoms with Crippen molar-refractivity contribution < 1.29 is 81.1 Å². The Morgan fingerprint density at radius 3 is 2.25 bits per heavy atom. The highest BCUT2D eigenvalue weighted by molar-refractivity contribution is 5.94. The number of ether oxygens (including phenoxy) is 12. The molecule has 4 saturated heterocycles. The maximum Gasteiger partial charge on any atom is 0.509 e. The highest BCUT2D eigenvalue weighted by Crippen LogP contribution is 2.43. The lowest BCUT2D eigenvalue weighted by atomic mass is 9.77. The zero-order chi connectivity index (χ0) is 60.1. The molecule has 6 rings (SSSR count). The Kier molecular flexibility index (Phi) is 22.1. The second-order valence-electron chi connectivity index (χ2n) is 23.8. The third kappa shape index (κ3) is 14.8. The Morgan fingerprint density at radius 2 is 1.62 bits per heavy atom. The molecular weight excluding hydrogens is 1050 g/mol. The number of carbonyl (C=O) groups excluding carboxylic acids is 4. The fourth-order valence-corrected chi connectivity index (χ4v) is 12.7. The molecule has 456 valence electrons. The minimum atomic E-state index is -1.64. The van der Waals surface area contributed by atoms with Crippen molar-refractivity contribution in [3.8, 4) is 0 Å². The second-order valence-corrected chi connectivity index (χ2v) is 23.8. The van der Waals surface area contributed by atoms with Gasteiger partial charge < -0.3 is 71.4 Å². The Morgan fingerprint density at radius 1 is 0.914 bits per heavy atom. The van der Waals surface area contributed by atoms with Gasteiger partial charge in [0.1, 0.15) is 24.4 Å². The quantitative estimate of drug-likeness (QED) is 0.0711. The number of fused-ring (bicyclic) bond motifs is 2. The van der Waals surface area contributed by atoms with Gasteiger partial charge in [-0.25, -0.2) is 9.59 Å². The molecular formula is C60H93N3O18. The molecule has 21 heteroatoms. The number of aryl methyl sites for hydroxylation is 1. The lowest BCUT2D eigenvalue weighted by Crippen LogP contribution is -2.61. The van der Waals surface area contributed by atoms with Crippen LogP contribution in [0.5, 0.6) is 0 Å². The van der Waals surface area contributed by atoms with Crippen molar-refractivity contribution in [1.29, 1.82) is 0 Å². The molecule has 0 amide bonds. The van der Waals surface area contributed by atoms with E-state index in [9.17, 15) is 29.1 Å². The van der Waals surface area contributed by atoms with Crippen molar-refractivity contribution in [1.82, 2.24) is 14.4 Å². The third-order valence-electron chi connectivity index (χ3n) is 17.0. The summed E-state index contributed by atoms with van der Waals surface area (Å²) in [7, 11) is 7.29. The first-order chi connectivity index (χ1) is 38.0. The van der Waals surface area contributed by atoms with Crippen molar-refractivity contribution in [3.05, 3.63) is 52.0 Å². The number of cyclic esters (lactones) is 1. The van der Waals surface area contributed by atoms with Crippen molar-refractivity contribution in [3.63, 3.8) is 0 Å². The van der Waals surface area contributed by atoms with Crippen LogP contribution in [0, 0.1) is 17.8 Å². The van der Waals surface area contributed by atoms with Gasteiger partial charge in [0.05, 0.1) is 72.6 Å². The van der Waals surface area contributed by atoms with Crippen LogP contribution >= 0.6 is 0 Å². The predicted molar refractivity (Wildman–Crippen MR) is 300 cm³/mol. The molecule has 4 aliphatic heterocycles. The van der Waals surface area contributed by atoms with E-state index in [4.69, 9.17) is 56.8 Å². The molecule has 0 spiro atoms. The van der Waals surface area contributed by atoms with Gasteiger partial charge in [0.25, 0.3) is 0 Å². The van der Waals surface area contributed by atoms with Crippen LogP contribution in [0.3, 0.4) is 0 Å². The van der Waals surface area contributed by atoms with E-state index in [1.54, 1.807) is 53.3 Å². The Labute approximate surface area is 478 Å². The number of methoxy groups -OCH3 is 1. The van der Waals surface area contributed by atoms with Gasteiger partial charge in [0, 0.05) is 57.1 Å². The van der Waals surface area contributed by atoms with Crippen LogP contribution in [0.1, 0.15) is 139 Å². The monoisotopic (exact) mass is 1140 g/mol. The van der Waals surface area contributed by atoms with E-state index in [2.05, 4.69) is 0 Å². The first-order valence-corrected chi connectivity index (χ1v) is 28.8. The van der Waals surface area contributed by atoms with Crippen molar-refractivity contribution in [2.75, 3.05) is 54.6 Å². The fourth-order valence-electron chi connectivity index (χ4n) is 12.7. The minimum Gasteiger partial charge on any atom is -0.498 e. The summed E-state index contributed by atoms with van der Waals surface area (Å²) in [5.41, 5.74) is -2.28. The van der Waals surface area contributed by atoms with Gasteiger partial charge in [-0.15, -0.1) is 0 Å². The van der Waals surface area contributed by atoms with Gasteiger partial charge in [-0.3, -0.25) is 19.3 Å². The maximum absolute atomic E-state index is 14.9. The topological polar surface area (TPSA) is 228 Å². The van der Waals surface area contributed by atoms with Crippen LogP contribution in [0.25, 0.3) is 16.5 Å². The maximum atomic E-state index is 14.9. The molecule has 1 N–H and O–H groups in total. The molecule has 2 aromatic rings. The molecule has 5 heterocycles. The molecule has 1 aromatic heterocycles. The standard InChI is InChI=1S/C60H93N3O18/c1-19-46-60(14)52(80-57(68)81-60)38(9)62(17)30-33(4)28-58(12,69)51(79-56-50(76-40(11)64)45(61(15)16)26-35(6)74-56)36(7)49(37(8)54(66)77-46)78-47-29-59(13,70-18)53(39(10)75-47)73-25-24-71-32-34(5)41-22-23-44-42(27-41)48(65)43(31-63(44)20-2)55(67)72-21-3/h22-23,27,31-33,35-39,45-47,49-53,56,69H,19-21,24-26,28-30H2,1-18H3/b34-32+/t33-,35-,36+,37-,38-,39+,45+,46-,47+,49+,50-,51-,52-,53+,56+,58-,59-,60-/m1/s1. The zero-order valence-corrected chi connectivity index (χ0v) is 51.1. The molecule has 4 aliphatic rings. The number of allylic oxidation sites excluding steroid dienone is 1. The number of carbonyl (C=O) groups is 4. The van der Waals surface area contributed by atoms with E-state index in [-0.39, 0.29) is 62.7 Å². The summed E-state index contributed by atoms with van der Waals surface area (Å²) in [5.74, 6) is -3.93. The number of likely N-dealkylation sites (N-methyl/N-ethyl adjacent to an activating group) is 2. The lowest BCUT2D eigenvalue weighted by molar-refractivity contribution is -0.321. The summed E-state index contributed by atoms with van der Waals surface area (Å²) in [6, 6.07) is 4.79. The molecule has 4 fully saturated rings. The average Bonchev–Trinajstić information content (AvgIpc) is 3.73. The molecule has 0 saturated carbocycles. The van der Waals surface area contributed by atoms with E-state index >= 15 is 0 Å². The minimum absolute atomic E-state index is 0.0267.